The Hall–Kier alpha value is -1.58. The first-order chi connectivity index (χ1) is 6.96. The van der Waals surface area contributed by atoms with E-state index in [0.717, 1.165) is 11.1 Å². The van der Waals surface area contributed by atoms with Crippen LogP contribution in [0.3, 0.4) is 0 Å². The van der Waals surface area contributed by atoms with E-state index in [1.807, 2.05) is 20.8 Å². The fourth-order valence-electron chi connectivity index (χ4n) is 1.42. The number of rotatable bonds is 0. The number of ether oxygens (including phenoxy) is 1. The smallest absolute Gasteiger partial charge is 0.418 e. The first-order valence-corrected chi connectivity index (χ1v) is 4.90. The molecule has 80 valence electrons. The van der Waals surface area contributed by atoms with Crippen molar-refractivity contribution in [2.45, 2.75) is 32.9 Å². The van der Waals surface area contributed by atoms with Crippen LogP contribution in [0.15, 0.2) is 17.4 Å². The predicted octanol–water partition coefficient (Wildman–Crippen LogP) is 2.20. The molecule has 0 aliphatic carbocycles. The normalized spacial score (nSPS) is 14.1. The molecular weight excluding hydrogens is 192 g/mol. The maximum atomic E-state index is 11.7. The summed E-state index contributed by atoms with van der Waals surface area (Å²) in [6, 6.07) is 0. The highest BCUT2D eigenvalue weighted by Gasteiger charge is 2.19. The summed E-state index contributed by atoms with van der Waals surface area (Å²) in [6.07, 6.45) is 4.96. The van der Waals surface area contributed by atoms with Gasteiger partial charge in [-0.1, -0.05) is 0 Å². The third-order valence-corrected chi connectivity index (χ3v) is 2.04. The Labute approximate surface area is 88.6 Å². The maximum Gasteiger partial charge on any atom is 0.418 e. The lowest BCUT2D eigenvalue weighted by atomic mass is 10.2. The molecule has 0 aromatic carbocycles. The molecule has 1 aliphatic rings. The molecule has 15 heavy (non-hydrogen) atoms. The van der Waals surface area contributed by atoms with Gasteiger partial charge in [-0.25, -0.2) is 4.79 Å². The molecule has 1 aromatic heterocycles. The van der Waals surface area contributed by atoms with E-state index < -0.39 is 5.60 Å². The first kappa shape index (κ1) is 9.96. The number of aliphatic imine (C=N–C) groups is 1. The van der Waals surface area contributed by atoms with Crippen molar-refractivity contribution in [1.29, 1.82) is 0 Å². The molecule has 2 rings (SSSR count). The van der Waals surface area contributed by atoms with Crippen LogP contribution in [0.25, 0.3) is 0 Å². The van der Waals surface area contributed by atoms with E-state index in [-0.39, 0.29) is 6.09 Å². The Morgan fingerprint density at radius 2 is 2.20 bits per heavy atom. The molecule has 0 fully saturated rings. The quantitative estimate of drug-likeness (QED) is 0.653. The molecule has 2 heterocycles. The lowest BCUT2D eigenvalue weighted by Gasteiger charge is -2.19. The summed E-state index contributed by atoms with van der Waals surface area (Å²) in [5.41, 5.74) is 1.61. The Kier molecular flexibility index (Phi) is 2.14. The average molecular weight is 206 g/mol. The number of carbonyl (C=O) groups excluding carboxylic acids is 1. The van der Waals surface area contributed by atoms with Crippen LogP contribution in [-0.4, -0.2) is 22.5 Å². The topological polar surface area (TPSA) is 43.6 Å². The van der Waals surface area contributed by atoms with Crippen molar-refractivity contribution in [3.05, 3.63) is 23.5 Å². The lowest BCUT2D eigenvalue weighted by Crippen LogP contribution is -2.26. The van der Waals surface area contributed by atoms with Gasteiger partial charge in [0.05, 0.1) is 6.54 Å². The van der Waals surface area contributed by atoms with Crippen LogP contribution in [0.2, 0.25) is 0 Å². The minimum Gasteiger partial charge on any atom is -0.443 e. The minimum absolute atomic E-state index is 0.342. The van der Waals surface area contributed by atoms with E-state index in [1.54, 1.807) is 18.6 Å². The fourth-order valence-corrected chi connectivity index (χ4v) is 1.42. The van der Waals surface area contributed by atoms with Crippen molar-refractivity contribution in [1.82, 2.24) is 4.57 Å². The van der Waals surface area contributed by atoms with Crippen LogP contribution in [-0.2, 0) is 11.3 Å². The van der Waals surface area contributed by atoms with Crippen molar-refractivity contribution in [2.75, 3.05) is 0 Å². The van der Waals surface area contributed by atoms with Gasteiger partial charge in [-0.3, -0.25) is 9.56 Å². The maximum absolute atomic E-state index is 11.7. The zero-order valence-corrected chi connectivity index (χ0v) is 9.15. The van der Waals surface area contributed by atoms with Crippen molar-refractivity contribution in [3.63, 3.8) is 0 Å². The second kappa shape index (κ2) is 3.22. The Balaban J connectivity index is 2.16. The fraction of sp³-hybridized carbons (Fsp3) is 0.455. The molecule has 0 radical (unpaired) electrons. The predicted molar refractivity (Wildman–Crippen MR) is 57.4 cm³/mol. The zero-order valence-electron chi connectivity index (χ0n) is 9.15. The van der Waals surface area contributed by atoms with Gasteiger partial charge in [-0.05, 0) is 20.8 Å². The average Bonchev–Trinajstić information content (AvgIpc) is 2.56. The molecule has 0 spiro atoms. The summed E-state index contributed by atoms with van der Waals surface area (Å²) in [5.74, 6) is 0. The summed E-state index contributed by atoms with van der Waals surface area (Å²) in [5, 5.41) is 0. The summed E-state index contributed by atoms with van der Waals surface area (Å²) in [7, 11) is 0. The van der Waals surface area contributed by atoms with E-state index in [1.165, 1.54) is 4.57 Å². The van der Waals surface area contributed by atoms with Gasteiger partial charge in [0.1, 0.15) is 5.60 Å². The molecule has 0 atom stereocenters. The lowest BCUT2D eigenvalue weighted by molar-refractivity contribution is 0.0537. The molecule has 1 aromatic rings. The minimum atomic E-state index is -0.458. The highest BCUT2D eigenvalue weighted by atomic mass is 16.6. The molecule has 4 heteroatoms. The van der Waals surface area contributed by atoms with E-state index in [4.69, 9.17) is 4.74 Å². The van der Waals surface area contributed by atoms with Crippen LogP contribution in [0, 0.1) is 0 Å². The van der Waals surface area contributed by atoms with Crippen LogP contribution in [0.1, 0.15) is 31.9 Å². The van der Waals surface area contributed by atoms with Crippen LogP contribution >= 0.6 is 0 Å². The Morgan fingerprint density at radius 3 is 2.80 bits per heavy atom. The number of carbonyl (C=O) groups is 1. The van der Waals surface area contributed by atoms with Gasteiger partial charge in [-0.2, -0.15) is 0 Å². The molecule has 4 nitrogen and oxygen atoms in total. The van der Waals surface area contributed by atoms with Gasteiger partial charge >= 0.3 is 6.09 Å². The SMILES string of the molecule is CC(C)(C)OC(=O)n1cc2c(c1)CN=C2. The summed E-state index contributed by atoms with van der Waals surface area (Å²) < 4.78 is 6.71. The van der Waals surface area contributed by atoms with Gasteiger partial charge < -0.3 is 4.74 Å². The second-order valence-electron chi connectivity index (χ2n) is 4.60. The van der Waals surface area contributed by atoms with Crippen molar-refractivity contribution in [3.8, 4) is 0 Å². The summed E-state index contributed by atoms with van der Waals surface area (Å²) in [6.45, 7) is 6.21. The molecule has 0 unspecified atom stereocenters. The summed E-state index contributed by atoms with van der Waals surface area (Å²) in [4.78, 5) is 15.8. The number of fused-ring (bicyclic) bond motifs is 1. The standard InChI is InChI=1S/C11H14N2O2/c1-11(2,3)15-10(14)13-6-8-4-12-5-9(8)7-13/h4,6-7H,5H2,1-3H3. The molecule has 0 bridgehead atoms. The number of hydrogen-bond acceptors (Lipinski definition) is 3. The molecular formula is C11H14N2O2. The van der Waals surface area contributed by atoms with E-state index in [9.17, 15) is 4.79 Å². The molecule has 0 N–H and O–H groups in total. The number of hydrogen-bond donors (Lipinski definition) is 0. The van der Waals surface area contributed by atoms with Gasteiger partial charge in [0.15, 0.2) is 0 Å². The van der Waals surface area contributed by atoms with E-state index >= 15 is 0 Å². The molecule has 0 saturated carbocycles. The van der Waals surface area contributed by atoms with Crippen molar-refractivity contribution in [2.24, 2.45) is 4.99 Å². The molecule has 1 aliphatic heterocycles. The van der Waals surface area contributed by atoms with Crippen LogP contribution < -0.4 is 0 Å². The highest BCUT2D eigenvalue weighted by Crippen LogP contribution is 2.17. The zero-order chi connectivity index (χ0) is 11.1. The van der Waals surface area contributed by atoms with E-state index in [0.29, 0.717) is 6.54 Å². The third kappa shape index (κ3) is 2.09. The molecule has 0 saturated heterocycles. The van der Waals surface area contributed by atoms with Gasteiger partial charge in [0, 0.05) is 29.7 Å². The largest absolute Gasteiger partial charge is 0.443 e. The van der Waals surface area contributed by atoms with Gasteiger partial charge in [0.25, 0.3) is 0 Å². The van der Waals surface area contributed by atoms with Crippen molar-refractivity contribution < 1.29 is 9.53 Å². The van der Waals surface area contributed by atoms with E-state index in [2.05, 4.69) is 4.99 Å². The Morgan fingerprint density at radius 1 is 1.47 bits per heavy atom. The van der Waals surface area contributed by atoms with Crippen LogP contribution in [0.4, 0.5) is 4.79 Å². The second-order valence-corrected chi connectivity index (χ2v) is 4.60. The van der Waals surface area contributed by atoms with Gasteiger partial charge in [0.2, 0.25) is 0 Å². The van der Waals surface area contributed by atoms with Gasteiger partial charge in [-0.15, -0.1) is 0 Å². The number of nitrogens with zero attached hydrogens (tertiary/aromatic N) is 2. The van der Waals surface area contributed by atoms with Crippen molar-refractivity contribution >= 4 is 12.3 Å². The third-order valence-electron chi connectivity index (χ3n) is 2.04. The summed E-state index contributed by atoms with van der Waals surface area (Å²) >= 11 is 0. The first-order valence-electron chi connectivity index (χ1n) is 4.90. The highest BCUT2D eigenvalue weighted by molar-refractivity contribution is 5.86. The number of aromatic nitrogens is 1. The monoisotopic (exact) mass is 206 g/mol. The Bertz CT molecular complexity index is 424. The van der Waals surface area contributed by atoms with Crippen LogP contribution in [0.5, 0.6) is 0 Å². The molecule has 0 amide bonds.